The summed E-state index contributed by atoms with van der Waals surface area (Å²) in [5.41, 5.74) is 2.43. The Bertz CT molecular complexity index is 430. The third-order valence-electron chi connectivity index (χ3n) is 4.11. The Morgan fingerprint density at radius 2 is 2.20 bits per heavy atom. The first-order valence-electron chi connectivity index (χ1n) is 7.80. The normalized spacial score (nSPS) is 20.5. The minimum atomic E-state index is 0.793. The molecule has 1 saturated heterocycles. The van der Waals surface area contributed by atoms with Crippen molar-refractivity contribution in [2.75, 3.05) is 26.2 Å². The lowest BCUT2D eigenvalue weighted by Gasteiger charge is -2.33. The lowest BCUT2D eigenvalue weighted by atomic mass is 9.98. The van der Waals surface area contributed by atoms with E-state index in [4.69, 9.17) is 0 Å². The van der Waals surface area contributed by atoms with Crippen LogP contribution in [0.5, 0.6) is 0 Å². The second-order valence-electron chi connectivity index (χ2n) is 5.71. The molecule has 0 saturated carbocycles. The highest BCUT2D eigenvalue weighted by Crippen LogP contribution is 2.25. The van der Waals surface area contributed by atoms with Crippen LogP contribution in [0.4, 0.5) is 0 Å². The van der Waals surface area contributed by atoms with Gasteiger partial charge >= 0.3 is 0 Å². The minimum absolute atomic E-state index is 0.793. The molecule has 5 heteroatoms. The number of aromatic nitrogens is 2. The van der Waals surface area contributed by atoms with E-state index in [9.17, 15) is 0 Å². The first kappa shape index (κ1) is 16.0. The Balaban J connectivity index is 1.99. The fourth-order valence-corrected chi connectivity index (χ4v) is 3.45. The number of halogens is 1. The molecule has 0 bridgehead atoms. The highest BCUT2D eigenvalue weighted by molar-refractivity contribution is 9.10. The topological polar surface area (TPSA) is 33.1 Å². The Labute approximate surface area is 131 Å². The van der Waals surface area contributed by atoms with Crippen LogP contribution < -0.4 is 5.32 Å². The molecule has 0 aromatic carbocycles. The Morgan fingerprint density at radius 1 is 1.40 bits per heavy atom. The van der Waals surface area contributed by atoms with Gasteiger partial charge in [0.1, 0.15) is 0 Å². The van der Waals surface area contributed by atoms with Gasteiger partial charge in [0.15, 0.2) is 0 Å². The number of piperidine rings is 1. The molecule has 1 N–H and O–H groups in total. The van der Waals surface area contributed by atoms with Crippen LogP contribution in [0, 0.1) is 12.8 Å². The molecular formula is C15H27BrN4. The molecule has 1 unspecified atom stereocenters. The van der Waals surface area contributed by atoms with E-state index >= 15 is 0 Å². The zero-order chi connectivity index (χ0) is 14.5. The summed E-state index contributed by atoms with van der Waals surface area (Å²) in [4.78, 5) is 2.58. The molecule has 20 heavy (non-hydrogen) atoms. The van der Waals surface area contributed by atoms with Crippen molar-refractivity contribution < 1.29 is 0 Å². The summed E-state index contributed by atoms with van der Waals surface area (Å²) in [5, 5.41) is 8.08. The summed E-state index contributed by atoms with van der Waals surface area (Å²) >= 11 is 3.70. The van der Waals surface area contributed by atoms with E-state index in [0.29, 0.717) is 0 Å². The predicted octanol–water partition coefficient (Wildman–Crippen LogP) is 2.80. The summed E-state index contributed by atoms with van der Waals surface area (Å²) in [6.07, 6.45) is 2.67. The summed E-state index contributed by atoms with van der Waals surface area (Å²) in [6, 6.07) is 0. The summed E-state index contributed by atoms with van der Waals surface area (Å²) in [6.45, 7) is 13.0. The highest BCUT2D eigenvalue weighted by atomic mass is 79.9. The third kappa shape index (κ3) is 3.83. The van der Waals surface area contributed by atoms with E-state index in [1.54, 1.807) is 0 Å². The predicted molar refractivity (Wildman–Crippen MR) is 86.9 cm³/mol. The van der Waals surface area contributed by atoms with Crippen molar-refractivity contribution in [1.82, 2.24) is 20.0 Å². The van der Waals surface area contributed by atoms with Crippen molar-refractivity contribution in [3.8, 4) is 0 Å². The first-order valence-corrected chi connectivity index (χ1v) is 8.59. The first-order chi connectivity index (χ1) is 9.65. The van der Waals surface area contributed by atoms with Crippen molar-refractivity contribution in [3.05, 3.63) is 15.9 Å². The van der Waals surface area contributed by atoms with Crippen molar-refractivity contribution in [1.29, 1.82) is 0 Å². The largest absolute Gasteiger partial charge is 0.317 e. The van der Waals surface area contributed by atoms with E-state index in [0.717, 1.165) is 37.8 Å². The Hall–Kier alpha value is -0.390. The molecule has 2 rings (SSSR count). The Morgan fingerprint density at radius 3 is 2.90 bits per heavy atom. The maximum absolute atomic E-state index is 4.59. The molecule has 0 radical (unpaired) electrons. The van der Waals surface area contributed by atoms with Crippen molar-refractivity contribution in [3.63, 3.8) is 0 Å². The number of hydrogen-bond acceptors (Lipinski definition) is 3. The average molecular weight is 343 g/mol. The molecule has 0 spiro atoms. The van der Waals surface area contributed by atoms with Crippen LogP contribution in [0.25, 0.3) is 0 Å². The van der Waals surface area contributed by atoms with Gasteiger partial charge in [-0.1, -0.05) is 6.92 Å². The van der Waals surface area contributed by atoms with Gasteiger partial charge < -0.3 is 5.32 Å². The second-order valence-corrected chi connectivity index (χ2v) is 6.51. The molecule has 1 aromatic heterocycles. The van der Waals surface area contributed by atoms with E-state index < -0.39 is 0 Å². The average Bonchev–Trinajstić information content (AvgIpc) is 2.73. The zero-order valence-corrected chi connectivity index (χ0v) is 14.5. The number of hydrogen-bond donors (Lipinski definition) is 1. The van der Waals surface area contributed by atoms with Crippen LogP contribution in [-0.4, -0.2) is 40.9 Å². The van der Waals surface area contributed by atoms with Gasteiger partial charge in [-0.2, -0.15) is 5.10 Å². The van der Waals surface area contributed by atoms with Gasteiger partial charge in [-0.3, -0.25) is 9.58 Å². The van der Waals surface area contributed by atoms with E-state index in [1.165, 1.54) is 36.1 Å². The van der Waals surface area contributed by atoms with Gasteiger partial charge in [-0.05, 0) is 68.2 Å². The molecule has 1 fully saturated rings. The van der Waals surface area contributed by atoms with E-state index in [2.05, 4.69) is 56.7 Å². The minimum Gasteiger partial charge on any atom is -0.317 e. The number of likely N-dealkylation sites (tertiary alicyclic amines) is 1. The van der Waals surface area contributed by atoms with Crippen LogP contribution in [0.1, 0.15) is 38.1 Å². The van der Waals surface area contributed by atoms with E-state index in [1.807, 2.05) is 0 Å². The van der Waals surface area contributed by atoms with Crippen LogP contribution >= 0.6 is 15.9 Å². The molecule has 114 valence electrons. The van der Waals surface area contributed by atoms with Crippen LogP contribution in [-0.2, 0) is 13.1 Å². The van der Waals surface area contributed by atoms with E-state index in [-0.39, 0.29) is 0 Å². The van der Waals surface area contributed by atoms with Gasteiger partial charge in [0.25, 0.3) is 0 Å². The van der Waals surface area contributed by atoms with Crippen LogP contribution in [0.3, 0.4) is 0 Å². The lowest BCUT2D eigenvalue weighted by Crippen LogP contribution is -2.39. The number of nitrogens with zero attached hydrogens (tertiary/aromatic N) is 3. The van der Waals surface area contributed by atoms with Crippen molar-refractivity contribution >= 4 is 15.9 Å². The van der Waals surface area contributed by atoms with Crippen LogP contribution in [0.2, 0.25) is 0 Å². The third-order valence-corrected chi connectivity index (χ3v) is 5.14. The molecule has 1 aliphatic rings. The van der Waals surface area contributed by atoms with Crippen LogP contribution in [0.15, 0.2) is 4.47 Å². The fraction of sp³-hybridized carbons (Fsp3) is 0.800. The maximum Gasteiger partial charge on any atom is 0.0739 e. The fourth-order valence-electron chi connectivity index (χ4n) is 3.04. The van der Waals surface area contributed by atoms with Gasteiger partial charge in [0.2, 0.25) is 0 Å². The lowest BCUT2D eigenvalue weighted by molar-refractivity contribution is 0.161. The summed E-state index contributed by atoms with van der Waals surface area (Å²) in [7, 11) is 0. The van der Waals surface area contributed by atoms with Gasteiger partial charge in [-0.25, -0.2) is 0 Å². The molecule has 0 aliphatic carbocycles. The zero-order valence-electron chi connectivity index (χ0n) is 13.0. The second kappa shape index (κ2) is 7.57. The summed E-state index contributed by atoms with van der Waals surface area (Å²) < 4.78 is 3.32. The van der Waals surface area contributed by atoms with Crippen molar-refractivity contribution in [2.24, 2.45) is 5.92 Å². The molecule has 1 aromatic rings. The quantitative estimate of drug-likeness (QED) is 0.862. The van der Waals surface area contributed by atoms with Gasteiger partial charge in [-0.15, -0.1) is 0 Å². The van der Waals surface area contributed by atoms with Gasteiger partial charge in [0.05, 0.1) is 15.9 Å². The SMILES string of the molecule is CCNCC1CCCN(Cc2c(Br)c(C)nn2CC)C1. The standard InChI is InChI=1S/C15H27BrN4/c1-4-17-9-13-7-6-8-19(10-13)11-14-15(16)12(3)18-20(14)5-2/h13,17H,4-11H2,1-3H3. The summed E-state index contributed by atoms with van der Waals surface area (Å²) in [5.74, 6) is 0.793. The monoisotopic (exact) mass is 342 g/mol. The molecule has 4 nitrogen and oxygen atoms in total. The molecule has 0 amide bonds. The van der Waals surface area contributed by atoms with Crippen molar-refractivity contribution in [2.45, 2.75) is 46.7 Å². The highest BCUT2D eigenvalue weighted by Gasteiger charge is 2.22. The molecule has 2 heterocycles. The molecule has 1 atom stereocenters. The number of nitrogens with one attached hydrogen (secondary N) is 1. The van der Waals surface area contributed by atoms with Gasteiger partial charge in [0, 0.05) is 19.6 Å². The Kier molecular flexibility index (Phi) is 6.05. The number of aryl methyl sites for hydroxylation is 2. The molecule has 1 aliphatic heterocycles. The maximum atomic E-state index is 4.59. The molecular weight excluding hydrogens is 316 g/mol. The number of rotatable bonds is 6. The smallest absolute Gasteiger partial charge is 0.0739 e.